The van der Waals surface area contributed by atoms with Crippen LogP contribution in [0.3, 0.4) is 0 Å². The molecular weight excluding hydrogens is 292 g/mol. The number of rotatable bonds is 8. The van der Waals surface area contributed by atoms with Crippen molar-refractivity contribution in [3.05, 3.63) is 11.1 Å². The highest BCUT2D eigenvalue weighted by Gasteiger charge is 2.18. The van der Waals surface area contributed by atoms with Crippen molar-refractivity contribution < 1.29 is 0 Å². The first-order chi connectivity index (χ1) is 9.28. The van der Waals surface area contributed by atoms with Crippen LogP contribution in [0.1, 0.15) is 50.7 Å². The average molecular weight is 311 g/mol. The van der Waals surface area contributed by atoms with Crippen LogP contribution in [0.15, 0.2) is 8.42 Å². The highest BCUT2D eigenvalue weighted by molar-refractivity contribution is 8.03. The van der Waals surface area contributed by atoms with Crippen molar-refractivity contribution in [3.63, 3.8) is 0 Å². The fraction of sp³-hybridized carbons (Fsp3) is 0.571. The van der Waals surface area contributed by atoms with E-state index in [2.05, 4.69) is 26.0 Å². The third-order valence-corrected chi connectivity index (χ3v) is 6.43. The quantitative estimate of drug-likeness (QED) is 0.484. The molecule has 0 radical (unpaired) electrons. The standard InChI is InChI=1S/C14H18N2S3/c1-3-5-7-17-13-11(9-15)12(10-16)14(19-13)18-8-6-4-2/h3-8H2,1-2H3. The maximum Gasteiger partial charge on any atom is 0.103 e. The molecule has 102 valence electrons. The van der Waals surface area contributed by atoms with Gasteiger partial charge < -0.3 is 0 Å². The van der Waals surface area contributed by atoms with Crippen molar-refractivity contribution in [1.82, 2.24) is 0 Å². The lowest BCUT2D eigenvalue weighted by Gasteiger charge is -1.96. The molecule has 0 aliphatic heterocycles. The molecule has 1 aromatic rings. The van der Waals surface area contributed by atoms with Gasteiger partial charge in [0.1, 0.15) is 12.1 Å². The van der Waals surface area contributed by atoms with Crippen molar-refractivity contribution in [2.45, 2.75) is 47.9 Å². The Balaban J connectivity index is 2.86. The number of unbranched alkanes of at least 4 members (excludes halogenated alkanes) is 2. The van der Waals surface area contributed by atoms with Crippen LogP contribution in [-0.2, 0) is 0 Å². The Kier molecular flexibility index (Phi) is 8.05. The zero-order valence-corrected chi connectivity index (χ0v) is 13.8. The van der Waals surface area contributed by atoms with Crippen LogP contribution in [-0.4, -0.2) is 11.5 Å². The van der Waals surface area contributed by atoms with Crippen LogP contribution < -0.4 is 0 Å². The molecule has 0 amide bonds. The molecule has 0 spiro atoms. The third-order valence-electron chi connectivity index (χ3n) is 2.53. The summed E-state index contributed by atoms with van der Waals surface area (Å²) in [7, 11) is 0. The minimum absolute atomic E-state index is 0.590. The summed E-state index contributed by atoms with van der Waals surface area (Å²) in [6, 6.07) is 4.41. The lowest BCUT2D eigenvalue weighted by Crippen LogP contribution is -1.82. The first-order valence-corrected chi connectivity index (χ1v) is 9.29. The van der Waals surface area contributed by atoms with Crippen molar-refractivity contribution in [2.75, 3.05) is 11.5 Å². The van der Waals surface area contributed by atoms with Crippen LogP contribution in [0.2, 0.25) is 0 Å². The number of thiophene rings is 1. The first kappa shape index (κ1) is 16.4. The SMILES string of the molecule is CCCCSc1sc(SCCCC)c(C#N)c1C#N. The molecule has 0 fully saturated rings. The number of hydrogen-bond donors (Lipinski definition) is 0. The van der Waals surface area contributed by atoms with Crippen LogP contribution in [0, 0.1) is 22.7 Å². The maximum absolute atomic E-state index is 9.25. The van der Waals surface area contributed by atoms with E-state index in [0.29, 0.717) is 11.1 Å². The molecule has 0 N–H and O–H groups in total. The summed E-state index contributed by atoms with van der Waals surface area (Å²) in [5.41, 5.74) is 1.18. The molecule has 0 aliphatic carbocycles. The topological polar surface area (TPSA) is 47.6 Å². The maximum atomic E-state index is 9.25. The van der Waals surface area contributed by atoms with E-state index in [1.165, 1.54) is 0 Å². The highest BCUT2D eigenvalue weighted by atomic mass is 32.2. The third kappa shape index (κ3) is 4.76. The smallest absolute Gasteiger partial charge is 0.103 e. The molecule has 1 heterocycles. The summed E-state index contributed by atoms with van der Waals surface area (Å²) in [6.45, 7) is 4.32. The van der Waals surface area contributed by atoms with Crippen molar-refractivity contribution in [1.29, 1.82) is 10.5 Å². The van der Waals surface area contributed by atoms with Crippen molar-refractivity contribution in [3.8, 4) is 12.1 Å². The van der Waals surface area contributed by atoms with E-state index in [0.717, 1.165) is 45.6 Å². The number of nitriles is 2. The van der Waals surface area contributed by atoms with E-state index >= 15 is 0 Å². The Labute approximate surface area is 128 Å². The normalized spacial score (nSPS) is 10.1. The minimum atomic E-state index is 0.590. The van der Waals surface area contributed by atoms with Crippen molar-refractivity contribution >= 4 is 34.9 Å². The number of hydrogen-bond acceptors (Lipinski definition) is 5. The summed E-state index contributed by atoms with van der Waals surface area (Å²) in [5.74, 6) is 2.05. The molecule has 0 atom stereocenters. The van der Waals surface area contributed by atoms with Gasteiger partial charge >= 0.3 is 0 Å². The van der Waals surface area contributed by atoms with Gasteiger partial charge in [0.25, 0.3) is 0 Å². The van der Waals surface area contributed by atoms with Crippen LogP contribution in [0.25, 0.3) is 0 Å². The van der Waals surface area contributed by atoms with Crippen LogP contribution >= 0.6 is 34.9 Å². The fourth-order valence-electron chi connectivity index (χ4n) is 1.42. The van der Waals surface area contributed by atoms with Gasteiger partial charge in [-0.05, 0) is 24.3 Å². The zero-order valence-electron chi connectivity index (χ0n) is 11.4. The molecule has 0 saturated heterocycles. The predicted molar refractivity (Wildman–Crippen MR) is 85.0 cm³/mol. The largest absolute Gasteiger partial charge is 0.192 e. The monoisotopic (exact) mass is 310 g/mol. The lowest BCUT2D eigenvalue weighted by atomic mass is 10.2. The second-order valence-electron chi connectivity index (χ2n) is 4.05. The van der Waals surface area contributed by atoms with Gasteiger partial charge in [-0.2, -0.15) is 10.5 Å². The van der Waals surface area contributed by atoms with E-state index in [9.17, 15) is 10.5 Å². The van der Waals surface area contributed by atoms with E-state index in [1.807, 2.05) is 0 Å². The molecule has 0 unspecified atom stereocenters. The van der Waals surface area contributed by atoms with Gasteiger partial charge in [-0.25, -0.2) is 0 Å². The molecular formula is C14H18N2S3. The van der Waals surface area contributed by atoms with Crippen molar-refractivity contribution in [2.24, 2.45) is 0 Å². The van der Waals surface area contributed by atoms with Gasteiger partial charge in [-0.1, -0.05) is 26.7 Å². The van der Waals surface area contributed by atoms with E-state index < -0.39 is 0 Å². The van der Waals surface area contributed by atoms with E-state index in [4.69, 9.17) is 0 Å². The van der Waals surface area contributed by atoms with Crippen LogP contribution in [0.4, 0.5) is 0 Å². The zero-order chi connectivity index (χ0) is 14.1. The Bertz CT molecular complexity index is 438. The Hall–Kier alpha value is -0.620. The second kappa shape index (κ2) is 9.31. The Morgan fingerprint density at radius 2 is 1.32 bits per heavy atom. The van der Waals surface area contributed by atoms with Gasteiger partial charge in [-0.3, -0.25) is 0 Å². The summed E-state index contributed by atoms with van der Waals surface area (Å²) in [6.07, 6.45) is 4.61. The molecule has 0 bridgehead atoms. The van der Waals surface area contributed by atoms with Gasteiger partial charge in [0.05, 0.1) is 19.5 Å². The molecule has 1 rings (SSSR count). The summed E-state index contributed by atoms with van der Waals surface area (Å²) < 4.78 is 2.04. The molecule has 0 saturated carbocycles. The summed E-state index contributed by atoms with van der Waals surface area (Å²) in [4.78, 5) is 0. The molecule has 0 aliphatic rings. The molecule has 2 nitrogen and oxygen atoms in total. The number of nitrogens with zero attached hydrogens (tertiary/aromatic N) is 2. The summed E-state index contributed by atoms with van der Waals surface area (Å²) >= 11 is 5.05. The second-order valence-corrected chi connectivity index (χ2v) is 7.80. The fourth-order valence-corrected chi connectivity index (χ4v) is 5.53. The minimum Gasteiger partial charge on any atom is -0.192 e. The molecule has 1 aromatic heterocycles. The van der Waals surface area contributed by atoms with E-state index in [1.54, 1.807) is 34.9 Å². The van der Waals surface area contributed by atoms with Crippen LogP contribution in [0.5, 0.6) is 0 Å². The van der Waals surface area contributed by atoms with Gasteiger partial charge in [-0.15, -0.1) is 34.9 Å². The lowest BCUT2D eigenvalue weighted by molar-refractivity contribution is 0.896. The number of thioether (sulfide) groups is 2. The summed E-state index contributed by atoms with van der Waals surface area (Å²) in [5, 5.41) is 18.5. The average Bonchev–Trinajstić information content (AvgIpc) is 2.76. The highest BCUT2D eigenvalue weighted by Crippen LogP contribution is 2.41. The van der Waals surface area contributed by atoms with E-state index in [-0.39, 0.29) is 0 Å². The predicted octanol–water partition coefficient (Wildman–Crippen LogP) is 5.28. The molecule has 5 heteroatoms. The van der Waals surface area contributed by atoms with Gasteiger partial charge in [0.15, 0.2) is 0 Å². The first-order valence-electron chi connectivity index (χ1n) is 6.51. The Morgan fingerprint density at radius 1 is 0.895 bits per heavy atom. The Morgan fingerprint density at radius 3 is 1.63 bits per heavy atom. The molecule has 0 aromatic carbocycles. The molecule has 19 heavy (non-hydrogen) atoms. The van der Waals surface area contributed by atoms with Gasteiger partial charge in [0, 0.05) is 0 Å². The van der Waals surface area contributed by atoms with Gasteiger partial charge in [0.2, 0.25) is 0 Å².